The van der Waals surface area contributed by atoms with Gasteiger partial charge in [0.25, 0.3) is 0 Å². The highest BCUT2D eigenvalue weighted by Crippen LogP contribution is 2.41. The number of fused-ring (bicyclic) bond motifs is 3. The van der Waals surface area contributed by atoms with Crippen LogP contribution >= 0.6 is 0 Å². The van der Waals surface area contributed by atoms with Crippen LogP contribution in [0.15, 0.2) is 43.1 Å². The molecular weight excluding hydrogens is 434 g/mol. The normalized spacial score (nSPS) is 21.2. The van der Waals surface area contributed by atoms with Gasteiger partial charge in [-0.2, -0.15) is 15.5 Å². The van der Waals surface area contributed by atoms with Crippen LogP contribution in [-0.4, -0.2) is 59.7 Å². The number of carbonyl (C=O) groups is 1. The fourth-order valence-corrected chi connectivity index (χ4v) is 5.16. The van der Waals surface area contributed by atoms with Crippen molar-refractivity contribution in [3.8, 4) is 28.6 Å². The molecule has 6 heterocycles. The van der Waals surface area contributed by atoms with Crippen molar-refractivity contribution < 1.29 is 9.90 Å². The highest BCUT2D eigenvalue weighted by atomic mass is 16.4. The second-order valence-electron chi connectivity index (χ2n) is 8.88. The van der Waals surface area contributed by atoms with E-state index in [9.17, 15) is 10.1 Å². The van der Waals surface area contributed by atoms with Crippen LogP contribution in [0, 0.1) is 23.2 Å². The van der Waals surface area contributed by atoms with Gasteiger partial charge in [0.15, 0.2) is 0 Å². The number of piperidine rings is 2. The Morgan fingerprint density at radius 1 is 1.15 bits per heavy atom. The number of pyridine rings is 1. The summed E-state index contributed by atoms with van der Waals surface area (Å²) in [5, 5.41) is 29.9. The molecule has 1 unspecified atom stereocenters. The molecule has 2 N–H and O–H groups in total. The molecule has 34 heavy (non-hydrogen) atoms. The van der Waals surface area contributed by atoms with Crippen molar-refractivity contribution in [3.05, 3.63) is 48.7 Å². The van der Waals surface area contributed by atoms with Crippen LogP contribution in [0.1, 0.15) is 12.0 Å². The summed E-state index contributed by atoms with van der Waals surface area (Å²) in [4.78, 5) is 22.8. The Kier molecular flexibility index (Phi) is 4.48. The molecule has 0 radical (unpaired) electrons. The monoisotopic (exact) mass is 455 g/mol. The van der Waals surface area contributed by atoms with Crippen LogP contribution in [0.4, 0.5) is 10.6 Å². The molecule has 3 aliphatic rings. The minimum Gasteiger partial charge on any atom is -0.465 e. The van der Waals surface area contributed by atoms with Crippen molar-refractivity contribution >= 4 is 17.4 Å². The van der Waals surface area contributed by atoms with E-state index in [1.807, 2.05) is 25.4 Å². The molecule has 2 aliphatic heterocycles. The third-order valence-electron chi connectivity index (χ3n) is 6.78. The molecule has 1 saturated carbocycles. The first-order chi connectivity index (χ1) is 16.5. The quantitative estimate of drug-likeness (QED) is 0.478. The van der Waals surface area contributed by atoms with E-state index >= 15 is 0 Å². The number of aryl methyl sites for hydroxylation is 1. The molecule has 2 bridgehead atoms. The average molecular weight is 455 g/mol. The summed E-state index contributed by atoms with van der Waals surface area (Å²) in [5.41, 5.74) is 4.02. The minimum absolute atomic E-state index is 0.0343. The maximum atomic E-state index is 11.0. The summed E-state index contributed by atoms with van der Waals surface area (Å²) in [5.74, 6) is 1.46. The lowest BCUT2D eigenvalue weighted by Crippen LogP contribution is -2.64. The highest BCUT2D eigenvalue weighted by molar-refractivity contribution is 5.83. The largest absolute Gasteiger partial charge is 0.465 e. The predicted octanol–water partition coefficient (Wildman–Crippen LogP) is 2.16. The van der Waals surface area contributed by atoms with Crippen LogP contribution in [0.2, 0.25) is 0 Å². The first-order valence-electron chi connectivity index (χ1n) is 11.0. The molecule has 0 spiro atoms. The molecule has 2 saturated heterocycles. The van der Waals surface area contributed by atoms with Gasteiger partial charge in [-0.15, -0.1) is 0 Å². The van der Waals surface area contributed by atoms with Gasteiger partial charge in [0.2, 0.25) is 0 Å². The zero-order valence-corrected chi connectivity index (χ0v) is 18.3. The molecule has 170 valence electrons. The van der Waals surface area contributed by atoms with Gasteiger partial charge in [0.1, 0.15) is 23.0 Å². The van der Waals surface area contributed by atoms with Crippen molar-refractivity contribution in [2.24, 2.45) is 18.9 Å². The number of amides is 1. The summed E-state index contributed by atoms with van der Waals surface area (Å²) in [6.45, 7) is 1.54. The van der Waals surface area contributed by atoms with Crippen LogP contribution in [0.3, 0.4) is 0 Å². The van der Waals surface area contributed by atoms with Gasteiger partial charge in [-0.3, -0.25) is 4.68 Å². The zero-order valence-electron chi connectivity index (χ0n) is 18.3. The van der Waals surface area contributed by atoms with E-state index in [1.165, 1.54) is 6.20 Å². The number of rotatable bonds is 4. The number of carboxylic acid groups (broad SMARTS) is 1. The first kappa shape index (κ1) is 20.2. The maximum absolute atomic E-state index is 11.0. The van der Waals surface area contributed by atoms with Gasteiger partial charge in [-0.25, -0.2) is 19.3 Å². The Hall–Kier alpha value is -4.46. The van der Waals surface area contributed by atoms with Crippen molar-refractivity contribution in [1.29, 1.82) is 5.26 Å². The summed E-state index contributed by atoms with van der Waals surface area (Å²) in [7, 11) is 1.85. The van der Waals surface area contributed by atoms with Crippen LogP contribution in [-0.2, 0) is 7.05 Å². The van der Waals surface area contributed by atoms with Crippen LogP contribution in [0.25, 0.3) is 28.0 Å². The van der Waals surface area contributed by atoms with Gasteiger partial charge < -0.3 is 15.3 Å². The lowest BCUT2D eigenvalue weighted by Gasteiger charge is -2.53. The van der Waals surface area contributed by atoms with E-state index in [-0.39, 0.29) is 6.04 Å². The van der Waals surface area contributed by atoms with E-state index in [1.54, 1.807) is 27.8 Å². The summed E-state index contributed by atoms with van der Waals surface area (Å²) in [6.07, 6.45) is 8.80. The predicted molar refractivity (Wildman–Crippen MR) is 122 cm³/mol. The van der Waals surface area contributed by atoms with Crippen molar-refractivity contribution in [2.75, 3.05) is 18.0 Å². The van der Waals surface area contributed by atoms with E-state index in [4.69, 9.17) is 15.1 Å². The Morgan fingerprint density at radius 2 is 1.97 bits per heavy atom. The minimum atomic E-state index is -0.959. The second kappa shape index (κ2) is 7.55. The Morgan fingerprint density at radius 3 is 2.62 bits per heavy atom. The van der Waals surface area contributed by atoms with Crippen molar-refractivity contribution in [3.63, 3.8) is 0 Å². The third-order valence-corrected chi connectivity index (χ3v) is 6.78. The molecule has 11 nitrogen and oxygen atoms in total. The first-order valence-corrected chi connectivity index (χ1v) is 11.0. The number of hydrogen-bond acceptors (Lipinski definition) is 7. The SMILES string of the molecule is Cn1cc(-c2cn3ncc(C#N)c3c(-c3ccc(N4C[C@H]5C[C@@H](C4)C5NC(=O)O)nc3)n2)cn1. The molecule has 3 atom stereocenters. The van der Waals surface area contributed by atoms with Gasteiger partial charge in [0.05, 0.1) is 30.0 Å². The van der Waals surface area contributed by atoms with E-state index in [2.05, 4.69) is 26.5 Å². The fourth-order valence-electron chi connectivity index (χ4n) is 5.16. The third kappa shape index (κ3) is 3.23. The van der Waals surface area contributed by atoms with Gasteiger partial charge >= 0.3 is 6.09 Å². The van der Waals surface area contributed by atoms with Crippen LogP contribution < -0.4 is 10.2 Å². The number of nitriles is 1. The summed E-state index contributed by atoms with van der Waals surface area (Å²) >= 11 is 0. The molecule has 1 aliphatic carbocycles. The van der Waals surface area contributed by atoms with Crippen molar-refractivity contribution in [1.82, 2.24) is 34.7 Å². The molecule has 7 rings (SSSR count). The smallest absolute Gasteiger partial charge is 0.404 e. The number of anilines is 1. The zero-order chi connectivity index (χ0) is 23.4. The topological polar surface area (TPSA) is 137 Å². The molecule has 11 heteroatoms. The lowest BCUT2D eigenvalue weighted by molar-refractivity contribution is 0.0808. The van der Waals surface area contributed by atoms with Crippen LogP contribution in [0.5, 0.6) is 0 Å². The molecule has 0 aromatic carbocycles. The average Bonchev–Trinajstić information content (AvgIpc) is 3.48. The maximum Gasteiger partial charge on any atom is 0.404 e. The van der Waals surface area contributed by atoms with E-state index in [0.29, 0.717) is 34.3 Å². The molecule has 4 aromatic heterocycles. The lowest BCUT2D eigenvalue weighted by atomic mass is 9.66. The molecule has 1 amide bonds. The highest BCUT2D eigenvalue weighted by Gasteiger charge is 2.47. The number of hydrogen-bond donors (Lipinski definition) is 2. The Bertz CT molecular complexity index is 1440. The summed E-state index contributed by atoms with van der Waals surface area (Å²) < 4.78 is 3.38. The van der Waals surface area contributed by atoms with Gasteiger partial charge in [-0.05, 0) is 30.4 Å². The summed E-state index contributed by atoms with van der Waals surface area (Å²) in [6, 6.07) is 6.14. The Balaban J connectivity index is 1.33. The number of aromatic nitrogens is 6. The fraction of sp³-hybridized carbons (Fsp3) is 0.304. The van der Waals surface area contributed by atoms with Gasteiger partial charge in [-0.1, -0.05) is 0 Å². The second-order valence-corrected chi connectivity index (χ2v) is 8.88. The number of nitrogens with zero attached hydrogens (tertiary/aromatic N) is 8. The molecule has 4 aromatic rings. The van der Waals surface area contributed by atoms with E-state index < -0.39 is 6.09 Å². The van der Waals surface area contributed by atoms with Gasteiger partial charge in [0, 0.05) is 49.7 Å². The van der Waals surface area contributed by atoms with E-state index in [0.717, 1.165) is 36.5 Å². The number of nitrogens with one attached hydrogen (secondary N) is 1. The van der Waals surface area contributed by atoms with Crippen molar-refractivity contribution in [2.45, 2.75) is 12.5 Å². The standard InChI is InChI=1S/C23H21N9O2/c1-30-9-17(8-26-30)18-12-32-22(16(5-24)7-27-32)21(28-18)13-2-3-19(25-6-13)31-10-14-4-15(11-31)20(14)29-23(33)34/h2-3,6-9,12,14-15,20,29H,4,10-11H2,1H3,(H,33,34)/t14-,15+,20?. The molecule has 3 fully saturated rings. The Labute approximate surface area is 194 Å². The molecular formula is C23H21N9O2.